The van der Waals surface area contributed by atoms with E-state index in [-0.39, 0.29) is 11.4 Å². The topological polar surface area (TPSA) is 68.6 Å². The number of hydrogen-bond donors (Lipinski definition) is 0. The van der Waals surface area contributed by atoms with E-state index in [0.29, 0.717) is 27.3 Å². The highest BCUT2D eigenvalue weighted by Gasteiger charge is 2.13. The fraction of sp³-hybridized carbons (Fsp3) is 0.130. The van der Waals surface area contributed by atoms with Crippen molar-refractivity contribution in [3.05, 3.63) is 89.0 Å². The number of rotatable bonds is 3. The molecule has 152 valence electrons. The highest BCUT2D eigenvalue weighted by Crippen LogP contribution is 2.19. The number of methoxy groups -OCH3 is 1. The molecule has 0 bridgehead atoms. The monoisotopic (exact) mass is 422 g/mol. The van der Waals surface area contributed by atoms with Crippen molar-refractivity contribution in [2.45, 2.75) is 11.8 Å². The van der Waals surface area contributed by atoms with Crippen LogP contribution in [0.3, 0.4) is 0 Å². The molecule has 1 amide bonds. The van der Waals surface area contributed by atoms with Crippen LogP contribution in [-0.4, -0.2) is 28.5 Å². The fourth-order valence-corrected chi connectivity index (χ4v) is 3.79. The molecule has 1 atom stereocenters. The van der Waals surface area contributed by atoms with E-state index in [0.717, 1.165) is 0 Å². The minimum atomic E-state index is -2.97. The van der Waals surface area contributed by atoms with Gasteiger partial charge in [-0.2, -0.15) is 4.36 Å². The lowest BCUT2D eigenvalue weighted by Gasteiger charge is -2.06. The maximum Gasteiger partial charge on any atom is 0.286 e. The van der Waals surface area contributed by atoms with Crippen LogP contribution in [0, 0.1) is 24.6 Å². The van der Waals surface area contributed by atoms with E-state index in [1.807, 2.05) is 0 Å². The van der Waals surface area contributed by atoms with Crippen LogP contribution in [-0.2, 0) is 9.73 Å². The second-order valence-electron chi connectivity index (χ2n) is 6.55. The van der Waals surface area contributed by atoms with Crippen molar-refractivity contribution < 1.29 is 18.1 Å². The van der Waals surface area contributed by atoms with E-state index >= 15 is 0 Å². The van der Waals surface area contributed by atoms with Crippen LogP contribution in [0.2, 0.25) is 0 Å². The number of aryl methyl sites for hydroxylation is 1. The molecular weight excluding hydrogens is 403 g/mol. The summed E-state index contributed by atoms with van der Waals surface area (Å²) in [4.78, 5) is 17.0. The predicted octanol–water partition coefficient (Wildman–Crippen LogP) is 4.23. The maximum atomic E-state index is 13.4. The summed E-state index contributed by atoms with van der Waals surface area (Å²) < 4.78 is 35.4. The zero-order valence-electron chi connectivity index (χ0n) is 16.7. The van der Waals surface area contributed by atoms with Crippen molar-refractivity contribution in [1.82, 2.24) is 4.98 Å². The van der Waals surface area contributed by atoms with Gasteiger partial charge in [-0.25, -0.2) is 8.60 Å². The summed E-state index contributed by atoms with van der Waals surface area (Å²) in [6, 6.07) is 12.7. The van der Waals surface area contributed by atoms with Crippen molar-refractivity contribution in [3.63, 3.8) is 0 Å². The Balaban J connectivity index is 1.89. The van der Waals surface area contributed by atoms with E-state index in [2.05, 4.69) is 21.2 Å². The van der Waals surface area contributed by atoms with Crippen molar-refractivity contribution in [3.8, 4) is 17.6 Å². The molecule has 0 radical (unpaired) electrons. The van der Waals surface area contributed by atoms with Gasteiger partial charge >= 0.3 is 0 Å². The van der Waals surface area contributed by atoms with Gasteiger partial charge in [0.05, 0.1) is 27.3 Å². The second-order valence-corrected chi connectivity index (χ2v) is 8.81. The van der Waals surface area contributed by atoms with Gasteiger partial charge in [-0.15, -0.1) is 0 Å². The molecule has 30 heavy (non-hydrogen) atoms. The zero-order chi connectivity index (χ0) is 21.7. The lowest BCUT2D eigenvalue weighted by molar-refractivity contribution is 0.100. The summed E-state index contributed by atoms with van der Waals surface area (Å²) >= 11 is 0. The van der Waals surface area contributed by atoms with Gasteiger partial charge in [0.2, 0.25) is 0 Å². The van der Waals surface area contributed by atoms with Crippen LogP contribution in [0.5, 0.6) is 5.75 Å². The third-order valence-corrected chi connectivity index (χ3v) is 5.87. The maximum absolute atomic E-state index is 13.4. The Morgan fingerprint density at radius 2 is 1.87 bits per heavy atom. The van der Waals surface area contributed by atoms with E-state index in [1.165, 1.54) is 37.9 Å². The number of halogens is 1. The molecule has 1 unspecified atom stereocenters. The van der Waals surface area contributed by atoms with Gasteiger partial charge in [0, 0.05) is 29.8 Å². The van der Waals surface area contributed by atoms with E-state index in [1.54, 1.807) is 43.3 Å². The molecular formula is C23H19FN2O3S. The smallest absolute Gasteiger partial charge is 0.286 e. The van der Waals surface area contributed by atoms with Gasteiger partial charge in [0.15, 0.2) is 0 Å². The minimum Gasteiger partial charge on any atom is -0.497 e. The Kier molecular flexibility index (Phi) is 6.28. The van der Waals surface area contributed by atoms with Gasteiger partial charge in [-0.1, -0.05) is 17.9 Å². The number of ether oxygens (including phenoxy) is 1. The van der Waals surface area contributed by atoms with Crippen LogP contribution in [0.1, 0.15) is 27.0 Å². The first-order valence-corrected chi connectivity index (χ1v) is 10.8. The number of carbonyl (C=O) groups is 1. The highest BCUT2D eigenvalue weighted by atomic mass is 32.2. The van der Waals surface area contributed by atoms with Crippen LogP contribution < -0.4 is 4.74 Å². The lowest BCUT2D eigenvalue weighted by Crippen LogP contribution is -2.05. The summed E-state index contributed by atoms with van der Waals surface area (Å²) in [5, 5.41) is 0. The molecule has 0 saturated heterocycles. The first-order chi connectivity index (χ1) is 14.3. The molecule has 0 fully saturated rings. The standard InChI is InChI=1S/C23H19FN2O3S/c1-16-11-17(9-10-22(16)24)7-8-18-12-19(15-25-14-18)23(27)26-30(3,28)21-6-4-5-20(13-21)29-2/h4-6,9-15H,1-3H3. The number of aromatic nitrogens is 1. The van der Waals surface area contributed by atoms with Crippen molar-refractivity contribution in [2.24, 2.45) is 4.36 Å². The predicted molar refractivity (Wildman–Crippen MR) is 113 cm³/mol. The molecule has 5 nitrogen and oxygen atoms in total. The third-order valence-electron chi connectivity index (χ3n) is 4.23. The molecule has 0 aliphatic heterocycles. The van der Waals surface area contributed by atoms with Crippen LogP contribution in [0.15, 0.2) is 70.2 Å². The average molecular weight is 422 g/mol. The first kappa shape index (κ1) is 21.2. The summed E-state index contributed by atoms with van der Waals surface area (Å²) in [6.45, 7) is 1.66. The summed E-state index contributed by atoms with van der Waals surface area (Å²) in [6.07, 6.45) is 4.25. The number of nitrogens with zero attached hydrogens (tertiary/aromatic N) is 2. The molecule has 7 heteroatoms. The molecule has 2 aromatic carbocycles. The van der Waals surface area contributed by atoms with E-state index < -0.39 is 15.6 Å². The number of pyridine rings is 1. The summed E-state index contributed by atoms with van der Waals surface area (Å²) in [5.41, 5.74) is 1.80. The SMILES string of the molecule is COc1cccc(S(C)(=O)=NC(=O)c2cncc(C#Cc3ccc(F)c(C)c3)c2)c1. The molecule has 0 saturated carbocycles. The molecule has 1 heterocycles. The molecule has 1 aromatic heterocycles. The number of benzene rings is 2. The fourth-order valence-electron chi connectivity index (χ4n) is 2.59. The van der Waals surface area contributed by atoms with Crippen molar-refractivity contribution >= 4 is 15.6 Å². The molecule has 3 aromatic rings. The second kappa shape index (κ2) is 8.89. The highest BCUT2D eigenvalue weighted by molar-refractivity contribution is 7.93. The average Bonchev–Trinajstić information content (AvgIpc) is 2.74. The van der Waals surface area contributed by atoms with Crippen LogP contribution in [0.25, 0.3) is 0 Å². The Bertz CT molecular complexity index is 1300. The minimum absolute atomic E-state index is 0.176. The Morgan fingerprint density at radius 1 is 1.10 bits per heavy atom. The van der Waals surface area contributed by atoms with Crippen LogP contribution >= 0.6 is 0 Å². The first-order valence-electron chi connectivity index (χ1n) is 8.92. The normalized spacial score (nSPS) is 12.3. The van der Waals surface area contributed by atoms with Gasteiger partial charge in [-0.3, -0.25) is 9.78 Å². The lowest BCUT2D eigenvalue weighted by atomic mass is 10.1. The Hall–Kier alpha value is -3.50. The molecule has 0 aliphatic rings. The molecule has 3 rings (SSSR count). The molecule has 0 N–H and O–H groups in total. The molecule has 0 aliphatic carbocycles. The molecule has 0 spiro atoms. The van der Waals surface area contributed by atoms with Crippen LogP contribution in [0.4, 0.5) is 4.39 Å². The van der Waals surface area contributed by atoms with Gasteiger partial charge in [-0.05, 0) is 55.0 Å². The van der Waals surface area contributed by atoms with Gasteiger partial charge in [0.1, 0.15) is 11.6 Å². The number of hydrogen-bond acceptors (Lipinski definition) is 4. The Morgan fingerprint density at radius 3 is 2.60 bits per heavy atom. The number of amides is 1. The van der Waals surface area contributed by atoms with Gasteiger partial charge in [0.25, 0.3) is 5.91 Å². The van der Waals surface area contributed by atoms with Gasteiger partial charge < -0.3 is 4.74 Å². The van der Waals surface area contributed by atoms with Crippen molar-refractivity contribution in [1.29, 1.82) is 0 Å². The van der Waals surface area contributed by atoms with E-state index in [9.17, 15) is 13.4 Å². The van der Waals surface area contributed by atoms with E-state index in [4.69, 9.17) is 4.74 Å². The quantitative estimate of drug-likeness (QED) is 0.592. The third kappa shape index (κ3) is 5.10. The summed E-state index contributed by atoms with van der Waals surface area (Å²) in [7, 11) is -1.47. The van der Waals surface area contributed by atoms with Crippen molar-refractivity contribution in [2.75, 3.05) is 13.4 Å². The largest absolute Gasteiger partial charge is 0.497 e. The zero-order valence-corrected chi connectivity index (χ0v) is 17.5. The number of carbonyl (C=O) groups excluding carboxylic acids is 1. The Labute approximate surface area is 175 Å². The summed E-state index contributed by atoms with van der Waals surface area (Å²) in [5.74, 6) is 5.39.